The van der Waals surface area contributed by atoms with Crippen molar-refractivity contribution in [2.24, 2.45) is 0 Å². The fourth-order valence-electron chi connectivity index (χ4n) is 16.3. The van der Waals surface area contributed by atoms with Crippen molar-refractivity contribution in [1.82, 2.24) is 0 Å². The van der Waals surface area contributed by atoms with E-state index < -0.39 is 0 Å². The molecule has 0 radical (unpaired) electrons. The lowest BCUT2D eigenvalue weighted by Crippen LogP contribution is -2.18. The molecule has 2 aliphatic carbocycles. The van der Waals surface area contributed by atoms with Crippen molar-refractivity contribution in [1.29, 1.82) is 0 Å². The van der Waals surface area contributed by atoms with Crippen LogP contribution in [0.3, 0.4) is 0 Å². The molecule has 0 amide bonds. The van der Waals surface area contributed by atoms with Crippen LogP contribution in [-0.2, 0) is 10.8 Å². The number of rotatable bonds is 14. The summed E-state index contributed by atoms with van der Waals surface area (Å²) in [5.74, 6) is 0. The Labute approximate surface area is 589 Å². The van der Waals surface area contributed by atoms with E-state index in [2.05, 4.69) is 403 Å². The van der Waals surface area contributed by atoms with Gasteiger partial charge in [0.2, 0.25) is 0 Å². The first-order valence-corrected chi connectivity index (χ1v) is 35.0. The number of hydrogen-bond donors (Lipinski definition) is 0. The molecule has 0 N–H and O–H groups in total. The maximum absolute atomic E-state index is 2.59. The summed E-state index contributed by atoms with van der Waals surface area (Å²) in [6.07, 6.45) is 0. The zero-order chi connectivity index (χ0) is 67.6. The van der Waals surface area contributed by atoms with E-state index in [0.717, 1.165) is 34.1 Å². The minimum Gasteiger partial charge on any atom is -0.310 e. The summed E-state index contributed by atoms with van der Waals surface area (Å²) in [6.45, 7) is 14.5. The van der Waals surface area contributed by atoms with E-state index >= 15 is 0 Å². The van der Waals surface area contributed by atoms with Gasteiger partial charge in [-0.05, 0) is 243 Å². The number of anilines is 6. The molecule has 0 saturated heterocycles. The molecule has 0 aromatic heterocycles. The molecule has 0 saturated carbocycles. The third-order valence-corrected chi connectivity index (χ3v) is 21.3. The lowest BCUT2D eigenvalue weighted by atomic mass is 9.79. The molecule has 2 nitrogen and oxygen atoms in total. The molecule has 15 aromatic rings. The maximum atomic E-state index is 2.59. The first-order chi connectivity index (χ1) is 48.9. The van der Waals surface area contributed by atoms with Gasteiger partial charge in [-0.15, -0.1) is 0 Å². The molecule has 0 bridgehead atoms. The summed E-state index contributed by atoms with van der Waals surface area (Å²) in [6, 6.07) is 130. The summed E-state index contributed by atoms with van der Waals surface area (Å²) >= 11 is 0. The van der Waals surface area contributed by atoms with E-state index in [0.29, 0.717) is 0 Å². The number of aryl methyl sites for hydroxylation is 2. The van der Waals surface area contributed by atoms with Crippen LogP contribution >= 0.6 is 0 Å². The zero-order valence-corrected chi connectivity index (χ0v) is 57.4. The van der Waals surface area contributed by atoms with Crippen LogP contribution in [0.1, 0.15) is 61.1 Å². The number of nitrogens with zero attached hydrogens (tertiary/aromatic N) is 2. The summed E-state index contributed by atoms with van der Waals surface area (Å²) in [4.78, 5) is 5.02. The summed E-state index contributed by atoms with van der Waals surface area (Å²) in [5, 5.41) is 0. The van der Waals surface area contributed by atoms with Gasteiger partial charge in [0.25, 0.3) is 0 Å². The standard InChI is InChI=1S/C98H76N2/c1-65-55-79(99(75-47-51-81(67-31-15-7-16-32-67)85(57-75)71-39-23-11-24-40-71)76-48-52-82(68-33-17-8-18-34-68)86(58-76)72-41-25-12-26-42-72)61-93-95(65)89-63-92-90(64-91(89)97(93,3)4)96-66(2)56-80(62-94(96)98(92,5)6)100(77-49-53-83(69-35-19-9-20-36-69)87(59-77)73-43-27-13-28-44-73)78-50-54-84(70-37-21-10-22-38-70)88(60-78)74-45-29-14-30-46-74/h7-64H,1-6H3. The van der Waals surface area contributed by atoms with E-state index in [-0.39, 0.29) is 10.8 Å². The van der Waals surface area contributed by atoms with Crippen molar-refractivity contribution >= 4 is 34.1 Å². The van der Waals surface area contributed by atoms with Gasteiger partial charge in [-0.2, -0.15) is 0 Å². The van der Waals surface area contributed by atoms with Crippen molar-refractivity contribution in [3.63, 3.8) is 0 Å². The Morgan fingerprint density at radius 2 is 0.390 bits per heavy atom. The Bertz CT molecular complexity index is 4960. The van der Waals surface area contributed by atoms with Crippen molar-refractivity contribution in [3.8, 4) is 111 Å². The first kappa shape index (κ1) is 61.5. The van der Waals surface area contributed by atoms with Gasteiger partial charge in [0, 0.05) is 45.0 Å². The van der Waals surface area contributed by atoms with E-state index in [4.69, 9.17) is 0 Å². The van der Waals surface area contributed by atoms with Crippen LogP contribution in [0.4, 0.5) is 34.1 Å². The Morgan fingerprint density at radius 3 is 0.610 bits per heavy atom. The zero-order valence-electron chi connectivity index (χ0n) is 57.4. The van der Waals surface area contributed by atoms with Gasteiger partial charge in [0.15, 0.2) is 0 Å². The van der Waals surface area contributed by atoms with E-state index in [1.165, 1.54) is 145 Å². The molecule has 2 heteroatoms. The number of fused-ring (bicyclic) bond motifs is 6. The SMILES string of the molecule is Cc1cc(N(c2ccc(-c3ccccc3)c(-c3ccccc3)c2)c2ccc(-c3ccccc3)c(-c3ccccc3)c2)cc2c1-c1cc3c(cc1C2(C)C)-c1c(C)cc(N(c2ccc(-c4ccccc4)c(-c4ccccc4)c2)c2ccc(-c4ccccc4)c(-c4ccccc4)c2)cc1C3(C)C. The fourth-order valence-corrected chi connectivity index (χ4v) is 16.3. The van der Waals surface area contributed by atoms with Crippen molar-refractivity contribution in [3.05, 3.63) is 385 Å². The second-order valence-electron chi connectivity index (χ2n) is 28.1. The highest BCUT2D eigenvalue weighted by molar-refractivity contribution is 5.99. The maximum Gasteiger partial charge on any atom is 0.0468 e. The predicted molar refractivity (Wildman–Crippen MR) is 424 cm³/mol. The normalized spacial score (nSPS) is 12.9. The molecule has 0 heterocycles. The van der Waals surface area contributed by atoms with Gasteiger partial charge >= 0.3 is 0 Å². The van der Waals surface area contributed by atoms with Gasteiger partial charge in [0.05, 0.1) is 0 Å². The predicted octanol–water partition coefficient (Wildman–Crippen LogP) is 27.2. The smallest absolute Gasteiger partial charge is 0.0468 e. The molecular formula is C98H76N2. The Morgan fingerprint density at radius 1 is 0.180 bits per heavy atom. The van der Waals surface area contributed by atoms with Crippen LogP contribution in [0.5, 0.6) is 0 Å². The van der Waals surface area contributed by atoms with Gasteiger partial charge in [-0.1, -0.05) is 295 Å². The molecule has 478 valence electrons. The minimum absolute atomic E-state index is 0.354. The topological polar surface area (TPSA) is 6.48 Å². The largest absolute Gasteiger partial charge is 0.310 e. The van der Waals surface area contributed by atoms with Gasteiger partial charge in [-0.3, -0.25) is 0 Å². The molecular weight excluding hydrogens is 1210 g/mol. The molecule has 17 rings (SSSR count). The second kappa shape index (κ2) is 25.1. The monoisotopic (exact) mass is 1280 g/mol. The Kier molecular flexibility index (Phi) is 15.4. The van der Waals surface area contributed by atoms with Crippen LogP contribution in [-0.4, -0.2) is 0 Å². The molecule has 2 aliphatic rings. The third kappa shape index (κ3) is 10.8. The summed E-state index contributed by atoms with van der Waals surface area (Å²) in [7, 11) is 0. The van der Waals surface area contributed by atoms with Crippen LogP contribution in [0, 0.1) is 13.8 Å². The number of hydrogen-bond acceptors (Lipinski definition) is 2. The van der Waals surface area contributed by atoms with Crippen molar-refractivity contribution in [2.75, 3.05) is 9.80 Å². The fraction of sp³-hybridized carbons (Fsp3) is 0.0816. The van der Waals surface area contributed by atoms with E-state index in [9.17, 15) is 0 Å². The Balaban J connectivity index is 0.819. The van der Waals surface area contributed by atoms with Crippen LogP contribution < -0.4 is 9.80 Å². The van der Waals surface area contributed by atoms with Crippen molar-refractivity contribution < 1.29 is 0 Å². The average molecular weight is 1280 g/mol. The number of benzene rings is 15. The van der Waals surface area contributed by atoms with Gasteiger partial charge in [-0.25, -0.2) is 0 Å². The van der Waals surface area contributed by atoms with Crippen LogP contribution in [0.15, 0.2) is 352 Å². The molecule has 15 aromatic carbocycles. The summed E-state index contributed by atoms with van der Waals surface area (Å²) in [5.41, 5.74) is 38.0. The molecule has 0 atom stereocenters. The lowest BCUT2D eigenvalue weighted by molar-refractivity contribution is 0.652. The van der Waals surface area contributed by atoms with E-state index in [1.807, 2.05) is 0 Å². The summed E-state index contributed by atoms with van der Waals surface area (Å²) < 4.78 is 0. The molecule has 0 fully saturated rings. The highest BCUT2D eigenvalue weighted by Gasteiger charge is 2.44. The van der Waals surface area contributed by atoms with E-state index in [1.54, 1.807) is 0 Å². The average Bonchev–Trinajstić information content (AvgIpc) is 1.53. The molecule has 0 spiro atoms. The molecule has 0 aliphatic heterocycles. The molecule has 0 unspecified atom stereocenters. The highest BCUT2D eigenvalue weighted by Crippen LogP contribution is 2.60. The second-order valence-corrected chi connectivity index (χ2v) is 28.1. The Hall–Kier alpha value is -12.1. The molecule has 100 heavy (non-hydrogen) atoms. The highest BCUT2D eigenvalue weighted by atomic mass is 15.1. The van der Waals surface area contributed by atoms with Crippen LogP contribution in [0.2, 0.25) is 0 Å². The quantitative estimate of drug-likeness (QED) is 0.107. The van der Waals surface area contributed by atoms with Crippen LogP contribution in [0.25, 0.3) is 111 Å². The minimum atomic E-state index is -0.354. The van der Waals surface area contributed by atoms with Crippen molar-refractivity contribution in [2.45, 2.75) is 52.4 Å². The lowest BCUT2D eigenvalue weighted by Gasteiger charge is -2.30. The third-order valence-electron chi connectivity index (χ3n) is 21.3. The van der Waals surface area contributed by atoms with Gasteiger partial charge < -0.3 is 9.80 Å². The first-order valence-electron chi connectivity index (χ1n) is 35.0. The van der Waals surface area contributed by atoms with Gasteiger partial charge in [0.1, 0.15) is 0 Å².